The number of hydrogen-bond donors (Lipinski definition) is 2. The van der Waals surface area contributed by atoms with E-state index in [9.17, 15) is 9.65 Å². The monoisotopic (exact) mass is 581 g/mol. The average molecular weight is 582 g/mol. The van der Waals surface area contributed by atoms with Crippen LogP contribution in [0.2, 0.25) is 5.02 Å². The van der Waals surface area contributed by atoms with E-state index in [1.165, 1.54) is 12.1 Å². The molecule has 2 aromatic heterocycles. The lowest BCUT2D eigenvalue weighted by molar-refractivity contribution is 0.314. The molecule has 6 rings (SSSR count). The quantitative estimate of drug-likeness (QED) is 0.329. The number of benzene rings is 2. The van der Waals surface area contributed by atoms with Gasteiger partial charge in [-0.25, -0.2) is 8.78 Å². The van der Waals surface area contributed by atoms with Crippen LogP contribution in [0.25, 0.3) is 32.1 Å². The third-order valence-electron chi connectivity index (χ3n) is 6.81. The standard InChI is InChI=1S/C27H22ClF2N7O2S/c1-2-38-27-35-21-18-22(39-9-8-37(26(18)36-27)11-12-4-3-7-34-24(12)32)19(28)17(20(21)30)13-5-6-15(29)23-16(13)14(10-31)25(33)40-23/h4-6H,2-3,7-9,11,33H2,1H3,(H2,32,34). The van der Waals surface area contributed by atoms with E-state index in [4.69, 9.17) is 32.5 Å². The molecular formula is C27H22ClF2N7O2S. The van der Waals surface area contributed by atoms with Crippen LogP contribution < -0.4 is 25.8 Å². The first-order chi connectivity index (χ1) is 19.3. The topological polar surface area (TPSA) is 136 Å². The van der Waals surface area contributed by atoms with Gasteiger partial charge in [-0.1, -0.05) is 23.7 Å². The number of dihydropyridines is 1. The molecule has 40 heavy (non-hydrogen) atoms. The van der Waals surface area contributed by atoms with Crippen LogP contribution in [0.4, 0.5) is 19.6 Å². The molecule has 0 bridgehead atoms. The molecule has 0 unspecified atom stereocenters. The Balaban J connectivity index is 1.65. The molecule has 9 nitrogen and oxygen atoms in total. The predicted molar refractivity (Wildman–Crippen MR) is 152 cm³/mol. The van der Waals surface area contributed by atoms with E-state index in [1.54, 1.807) is 6.92 Å². The summed E-state index contributed by atoms with van der Waals surface area (Å²) in [5, 5.41) is 10.3. The van der Waals surface area contributed by atoms with Crippen molar-refractivity contribution < 1.29 is 18.3 Å². The Hall–Kier alpha value is -4.21. The van der Waals surface area contributed by atoms with Gasteiger partial charge < -0.3 is 25.8 Å². The molecule has 2 aromatic carbocycles. The van der Waals surface area contributed by atoms with E-state index >= 15 is 4.39 Å². The zero-order valence-corrected chi connectivity index (χ0v) is 22.8. The molecule has 4 heterocycles. The Morgan fingerprint density at radius 2 is 2.08 bits per heavy atom. The van der Waals surface area contributed by atoms with Gasteiger partial charge in [0, 0.05) is 29.6 Å². The Labute approximate surface area is 236 Å². The highest BCUT2D eigenvalue weighted by molar-refractivity contribution is 7.23. The number of hydrogen-bond acceptors (Lipinski definition) is 10. The van der Waals surface area contributed by atoms with E-state index in [2.05, 4.69) is 15.0 Å². The fraction of sp³-hybridized carbons (Fsp3) is 0.259. The minimum Gasteiger partial charge on any atom is -0.489 e. The number of nitrogen functional groups attached to an aromatic ring is 1. The Morgan fingerprint density at radius 3 is 2.83 bits per heavy atom. The first kappa shape index (κ1) is 26.0. The molecule has 13 heteroatoms. The number of amidine groups is 1. The van der Waals surface area contributed by atoms with E-state index in [1.807, 2.05) is 17.0 Å². The van der Waals surface area contributed by atoms with Crippen LogP contribution in [0.5, 0.6) is 11.8 Å². The van der Waals surface area contributed by atoms with Crippen molar-refractivity contribution in [1.82, 2.24) is 9.97 Å². The molecule has 2 aliphatic heterocycles. The van der Waals surface area contributed by atoms with Crippen LogP contribution in [-0.2, 0) is 0 Å². The summed E-state index contributed by atoms with van der Waals surface area (Å²) in [7, 11) is 0. The zero-order chi connectivity index (χ0) is 28.1. The summed E-state index contributed by atoms with van der Waals surface area (Å²) in [6.45, 7) is 3.57. The number of aliphatic imine (C=N–C) groups is 1. The maximum Gasteiger partial charge on any atom is 0.319 e. The number of aromatic nitrogens is 2. The number of ether oxygens (including phenoxy) is 2. The molecule has 2 aliphatic rings. The summed E-state index contributed by atoms with van der Waals surface area (Å²) in [6.07, 6.45) is 2.78. The van der Waals surface area contributed by atoms with Crippen LogP contribution in [0.1, 0.15) is 18.9 Å². The van der Waals surface area contributed by atoms with Crippen LogP contribution in [0.3, 0.4) is 0 Å². The first-order valence-electron chi connectivity index (χ1n) is 12.5. The van der Waals surface area contributed by atoms with Gasteiger partial charge in [0.15, 0.2) is 11.6 Å². The highest BCUT2D eigenvalue weighted by atomic mass is 35.5. The Bertz CT molecular complexity index is 1820. The van der Waals surface area contributed by atoms with Gasteiger partial charge in [0.05, 0.1) is 33.8 Å². The molecule has 0 atom stereocenters. The Morgan fingerprint density at radius 1 is 1.25 bits per heavy atom. The highest BCUT2D eigenvalue weighted by Crippen LogP contribution is 2.50. The van der Waals surface area contributed by atoms with Crippen LogP contribution in [0.15, 0.2) is 28.8 Å². The van der Waals surface area contributed by atoms with Crippen molar-refractivity contribution in [3.8, 4) is 29.0 Å². The second-order valence-electron chi connectivity index (χ2n) is 9.13. The van der Waals surface area contributed by atoms with Crippen molar-refractivity contribution in [1.29, 1.82) is 5.26 Å². The smallest absolute Gasteiger partial charge is 0.319 e. The maximum absolute atomic E-state index is 16.6. The number of nitriles is 1. The van der Waals surface area contributed by atoms with E-state index in [0.29, 0.717) is 31.3 Å². The van der Waals surface area contributed by atoms with Crippen molar-refractivity contribution in [2.75, 3.05) is 43.5 Å². The lowest BCUT2D eigenvalue weighted by Gasteiger charge is -2.25. The van der Waals surface area contributed by atoms with Gasteiger partial charge in [0.2, 0.25) is 0 Å². The SMILES string of the molecule is CCOc1nc2c3c(c(Cl)c(-c4ccc(F)c5sc(N)c(C#N)c45)c(F)c3n1)OCCN2CC1=CCCN=C1N. The van der Waals surface area contributed by atoms with E-state index in [-0.39, 0.29) is 72.7 Å². The van der Waals surface area contributed by atoms with Gasteiger partial charge in [-0.15, -0.1) is 11.3 Å². The van der Waals surface area contributed by atoms with Gasteiger partial charge in [0.1, 0.15) is 40.7 Å². The number of anilines is 2. The third-order valence-corrected chi connectivity index (χ3v) is 8.20. The summed E-state index contributed by atoms with van der Waals surface area (Å²) in [5.74, 6) is -0.391. The van der Waals surface area contributed by atoms with Crippen LogP contribution in [-0.4, -0.2) is 48.7 Å². The fourth-order valence-electron chi connectivity index (χ4n) is 5.04. The fourth-order valence-corrected chi connectivity index (χ4v) is 6.32. The maximum atomic E-state index is 16.6. The lowest BCUT2D eigenvalue weighted by atomic mass is 9.96. The van der Waals surface area contributed by atoms with E-state index in [0.717, 1.165) is 23.3 Å². The van der Waals surface area contributed by atoms with Crippen LogP contribution >= 0.6 is 22.9 Å². The number of fused-ring (bicyclic) bond motifs is 1. The highest BCUT2D eigenvalue weighted by Gasteiger charge is 2.32. The summed E-state index contributed by atoms with van der Waals surface area (Å²) >= 11 is 7.80. The third kappa shape index (κ3) is 4.04. The number of nitrogens with two attached hydrogens (primary N) is 2. The largest absolute Gasteiger partial charge is 0.489 e. The molecule has 204 valence electrons. The normalized spacial score (nSPS) is 14.9. The molecule has 0 fully saturated rings. The van der Waals surface area contributed by atoms with Gasteiger partial charge in [-0.2, -0.15) is 15.2 Å². The summed E-state index contributed by atoms with van der Waals surface area (Å²) < 4.78 is 43.3. The average Bonchev–Trinajstić information content (AvgIpc) is 3.18. The summed E-state index contributed by atoms with van der Waals surface area (Å²) in [6, 6.07) is 4.54. The summed E-state index contributed by atoms with van der Waals surface area (Å²) in [5.41, 5.74) is 13.1. The predicted octanol–water partition coefficient (Wildman–Crippen LogP) is 5.18. The van der Waals surface area contributed by atoms with Gasteiger partial charge in [-0.3, -0.25) is 4.99 Å². The van der Waals surface area contributed by atoms with Crippen molar-refractivity contribution >= 4 is 60.6 Å². The number of nitrogens with zero attached hydrogens (tertiary/aromatic N) is 5. The first-order valence-corrected chi connectivity index (χ1v) is 13.7. The van der Waals surface area contributed by atoms with Gasteiger partial charge >= 0.3 is 6.01 Å². The van der Waals surface area contributed by atoms with Gasteiger partial charge in [0.25, 0.3) is 0 Å². The molecule has 0 spiro atoms. The van der Waals surface area contributed by atoms with Crippen molar-refractivity contribution in [2.24, 2.45) is 10.7 Å². The second kappa shape index (κ2) is 10.1. The van der Waals surface area contributed by atoms with E-state index < -0.39 is 11.6 Å². The molecule has 0 amide bonds. The molecule has 0 saturated carbocycles. The van der Waals surface area contributed by atoms with Gasteiger partial charge in [-0.05, 0) is 25.0 Å². The number of thiophene rings is 1. The molecule has 0 radical (unpaired) electrons. The second-order valence-corrected chi connectivity index (χ2v) is 10.6. The lowest BCUT2D eigenvalue weighted by Crippen LogP contribution is -2.34. The minimum atomic E-state index is -0.793. The number of rotatable bonds is 5. The van der Waals surface area contributed by atoms with Crippen LogP contribution in [0, 0.1) is 23.0 Å². The van der Waals surface area contributed by atoms with Crippen molar-refractivity contribution in [2.45, 2.75) is 13.3 Å². The molecule has 0 aliphatic carbocycles. The molecular weight excluding hydrogens is 560 g/mol. The summed E-state index contributed by atoms with van der Waals surface area (Å²) in [4.78, 5) is 15.2. The zero-order valence-electron chi connectivity index (χ0n) is 21.2. The number of halogens is 3. The minimum absolute atomic E-state index is 0.0315. The van der Waals surface area contributed by atoms with Crippen molar-refractivity contribution in [3.05, 3.63) is 46.0 Å². The Kier molecular flexibility index (Phi) is 6.56. The van der Waals surface area contributed by atoms with Crippen molar-refractivity contribution in [3.63, 3.8) is 0 Å². The molecule has 4 N–H and O–H groups in total. The molecule has 0 saturated heterocycles. The molecule has 4 aromatic rings.